The molecular formula is C25H22ClNO4. The number of hydrogen-bond donors (Lipinski definition) is 2. The predicted molar refractivity (Wildman–Crippen MR) is 119 cm³/mol. The van der Waals surface area contributed by atoms with Crippen LogP contribution in [0.5, 0.6) is 0 Å². The molecule has 5 nitrogen and oxygen atoms in total. The molecule has 0 saturated carbocycles. The number of amides is 1. The molecule has 31 heavy (non-hydrogen) atoms. The third kappa shape index (κ3) is 4.57. The molecule has 0 fully saturated rings. The number of fused-ring (bicyclic) bond motifs is 3. The van der Waals surface area contributed by atoms with Gasteiger partial charge in [0.15, 0.2) is 0 Å². The normalized spacial score (nSPS) is 13.2. The number of hydrogen-bond acceptors (Lipinski definition) is 3. The molecule has 1 aliphatic carbocycles. The minimum Gasteiger partial charge on any atom is -0.480 e. The van der Waals surface area contributed by atoms with E-state index in [1.807, 2.05) is 54.6 Å². The molecule has 158 valence electrons. The van der Waals surface area contributed by atoms with E-state index in [0.717, 1.165) is 27.8 Å². The van der Waals surface area contributed by atoms with E-state index in [1.165, 1.54) is 0 Å². The van der Waals surface area contributed by atoms with Crippen LogP contribution in [0, 0.1) is 0 Å². The van der Waals surface area contributed by atoms with Gasteiger partial charge in [-0.2, -0.15) is 0 Å². The fourth-order valence-corrected chi connectivity index (χ4v) is 4.27. The van der Waals surface area contributed by atoms with Gasteiger partial charge in [0.1, 0.15) is 12.6 Å². The molecule has 0 saturated heterocycles. The number of carboxylic acids is 1. The summed E-state index contributed by atoms with van der Waals surface area (Å²) in [5, 5.41) is 12.6. The van der Waals surface area contributed by atoms with Crippen LogP contribution in [0.15, 0.2) is 72.8 Å². The highest BCUT2D eigenvalue weighted by atomic mass is 35.5. The second kappa shape index (κ2) is 9.23. The quantitative estimate of drug-likeness (QED) is 0.530. The van der Waals surface area contributed by atoms with E-state index in [2.05, 4.69) is 17.4 Å². The number of aryl methyl sites for hydroxylation is 1. The van der Waals surface area contributed by atoms with Crippen LogP contribution in [0.1, 0.15) is 29.0 Å². The van der Waals surface area contributed by atoms with Crippen molar-refractivity contribution in [2.45, 2.75) is 24.8 Å². The number of benzene rings is 3. The summed E-state index contributed by atoms with van der Waals surface area (Å²) in [6.45, 7) is 0.136. The maximum absolute atomic E-state index is 12.4. The van der Waals surface area contributed by atoms with E-state index in [4.69, 9.17) is 16.3 Å². The van der Waals surface area contributed by atoms with Gasteiger partial charge in [0.2, 0.25) is 0 Å². The Morgan fingerprint density at radius 2 is 1.52 bits per heavy atom. The van der Waals surface area contributed by atoms with E-state index < -0.39 is 18.1 Å². The Kier molecular flexibility index (Phi) is 6.23. The number of carboxylic acid groups (broad SMARTS) is 1. The second-order valence-electron chi connectivity index (χ2n) is 7.49. The average molecular weight is 436 g/mol. The molecule has 0 aliphatic heterocycles. The number of rotatable bonds is 7. The molecule has 0 spiro atoms. The highest BCUT2D eigenvalue weighted by Crippen LogP contribution is 2.44. The maximum Gasteiger partial charge on any atom is 0.407 e. The van der Waals surface area contributed by atoms with Crippen LogP contribution in [-0.2, 0) is 16.0 Å². The van der Waals surface area contributed by atoms with E-state index in [-0.39, 0.29) is 18.9 Å². The number of alkyl carbamates (subject to hydrolysis) is 1. The smallest absolute Gasteiger partial charge is 0.407 e. The van der Waals surface area contributed by atoms with Crippen LogP contribution in [0.4, 0.5) is 4.79 Å². The Bertz CT molecular complexity index is 1070. The van der Waals surface area contributed by atoms with Crippen molar-refractivity contribution in [3.05, 3.63) is 94.5 Å². The summed E-state index contributed by atoms with van der Waals surface area (Å²) >= 11 is 6.14. The number of halogens is 1. The van der Waals surface area contributed by atoms with Crippen LogP contribution >= 0.6 is 11.6 Å². The summed E-state index contributed by atoms with van der Waals surface area (Å²) in [4.78, 5) is 24.0. The zero-order valence-electron chi connectivity index (χ0n) is 16.8. The summed E-state index contributed by atoms with van der Waals surface area (Å²) in [5.74, 6) is -1.19. The molecule has 0 unspecified atom stereocenters. The molecule has 0 bridgehead atoms. The first kappa shape index (κ1) is 20.9. The van der Waals surface area contributed by atoms with E-state index in [9.17, 15) is 14.7 Å². The molecule has 1 aliphatic rings. The van der Waals surface area contributed by atoms with Gasteiger partial charge in [-0.25, -0.2) is 9.59 Å². The molecule has 4 rings (SSSR count). The first-order valence-corrected chi connectivity index (χ1v) is 10.5. The molecule has 2 N–H and O–H groups in total. The van der Waals surface area contributed by atoms with Crippen molar-refractivity contribution in [1.82, 2.24) is 5.32 Å². The van der Waals surface area contributed by atoms with Crippen LogP contribution in [0.2, 0.25) is 5.02 Å². The zero-order chi connectivity index (χ0) is 21.8. The van der Waals surface area contributed by atoms with Crippen LogP contribution in [0.25, 0.3) is 11.1 Å². The lowest BCUT2D eigenvalue weighted by molar-refractivity contribution is -0.139. The summed E-state index contributed by atoms with van der Waals surface area (Å²) < 4.78 is 5.46. The Labute approximate surface area is 185 Å². The van der Waals surface area contributed by atoms with Crippen molar-refractivity contribution in [1.29, 1.82) is 0 Å². The maximum atomic E-state index is 12.4. The Morgan fingerprint density at radius 3 is 2.13 bits per heavy atom. The van der Waals surface area contributed by atoms with Crippen molar-refractivity contribution in [3.8, 4) is 11.1 Å². The first-order chi connectivity index (χ1) is 15.0. The number of aliphatic carboxylic acids is 1. The number of carbonyl (C=O) groups excluding carboxylic acids is 1. The lowest BCUT2D eigenvalue weighted by Gasteiger charge is -2.17. The van der Waals surface area contributed by atoms with Gasteiger partial charge in [-0.15, -0.1) is 0 Å². The Morgan fingerprint density at radius 1 is 0.935 bits per heavy atom. The van der Waals surface area contributed by atoms with Crippen molar-refractivity contribution >= 4 is 23.7 Å². The van der Waals surface area contributed by atoms with E-state index in [0.29, 0.717) is 11.4 Å². The van der Waals surface area contributed by atoms with Gasteiger partial charge < -0.3 is 15.2 Å². The molecule has 0 heterocycles. The highest BCUT2D eigenvalue weighted by molar-refractivity contribution is 6.31. The Balaban J connectivity index is 1.39. The number of nitrogens with one attached hydrogen (secondary N) is 1. The molecule has 0 radical (unpaired) electrons. The summed E-state index contributed by atoms with van der Waals surface area (Å²) in [5.41, 5.74) is 5.31. The average Bonchev–Trinajstić information content (AvgIpc) is 3.10. The minimum atomic E-state index is -1.11. The fraction of sp³-hybridized carbons (Fsp3) is 0.200. The van der Waals surface area contributed by atoms with Gasteiger partial charge in [-0.1, -0.05) is 78.3 Å². The SMILES string of the molecule is O=C(N[C@H](CCc1ccccc1Cl)C(=O)O)OCC1c2ccccc2-c2ccccc21. The van der Waals surface area contributed by atoms with Gasteiger partial charge in [-0.3, -0.25) is 0 Å². The van der Waals surface area contributed by atoms with Gasteiger partial charge in [0, 0.05) is 10.9 Å². The van der Waals surface area contributed by atoms with Crippen LogP contribution in [-0.4, -0.2) is 29.8 Å². The van der Waals surface area contributed by atoms with Crippen molar-refractivity contribution in [2.75, 3.05) is 6.61 Å². The van der Waals surface area contributed by atoms with Gasteiger partial charge >= 0.3 is 12.1 Å². The highest BCUT2D eigenvalue weighted by Gasteiger charge is 2.29. The molecular weight excluding hydrogens is 414 g/mol. The zero-order valence-corrected chi connectivity index (χ0v) is 17.5. The lowest BCUT2D eigenvalue weighted by Crippen LogP contribution is -2.41. The molecule has 1 amide bonds. The monoisotopic (exact) mass is 435 g/mol. The summed E-state index contributed by atoms with van der Waals surface area (Å²) in [6.07, 6.45) is -0.0998. The van der Waals surface area contributed by atoms with Gasteiger partial charge in [0.05, 0.1) is 0 Å². The number of carbonyl (C=O) groups is 2. The molecule has 1 atom stereocenters. The standard InChI is InChI=1S/C25H22ClNO4/c26-22-12-6-1-7-16(22)13-14-23(24(28)29)27-25(30)31-15-21-19-10-4-2-8-17(19)18-9-3-5-11-20(18)21/h1-12,21,23H,13-15H2,(H,27,30)(H,28,29)/t23-/m1/s1. The topological polar surface area (TPSA) is 75.6 Å². The molecule has 3 aromatic carbocycles. The summed E-state index contributed by atoms with van der Waals surface area (Å²) in [7, 11) is 0. The first-order valence-electron chi connectivity index (χ1n) is 10.1. The van der Waals surface area contributed by atoms with Crippen molar-refractivity contribution in [2.24, 2.45) is 0 Å². The largest absolute Gasteiger partial charge is 0.480 e. The molecule has 6 heteroatoms. The third-order valence-corrected chi connectivity index (χ3v) is 5.96. The van der Waals surface area contributed by atoms with E-state index in [1.54, 1.807) is 6.07 Å². The van der Waals surface area contributed by atoms with Crippen LogP contribution in [0.3, 0.4) is 0 Å². The minimum absolute atomic E-state index is 0.0791. The second-order valence-corrected chi connectivity index (χ2v) is 7.90. The van der Waals surface area contributed by atoms with E-state index >= 15 is 0 Å². The fourth-order valence-electron chi connectivity index (χ4n) is 4.04. The van der Waals surface area contributed by atoms with Crippen molar-refractivity contribution < 1.29 is 19.4 Å². The predicted octanol–water partition coefficient (Wildman–Crippen LogP) is 5.26. The Hall–Kier alpha value is -3.31. The third-order valence-electron chi connectivity index (χ3n) is 5.59. The van der Waals surface area contributed by atoms with Gasteiger partial charge in [0.25, 0.3) is 0 Å². The van der Waals surface area contributed by atoms with Gasteiger partial charge in [-0.05, 0) is 46.7 Å². The summed E-state index contributed by atoms with van der Waals surface area (Å²) in [6, 6.07) is 22.3. The molecule has 3 aromatic rings. The number of ether oxygens (including phenoxy) is 1. The van der Waals surface area contributed by atoms with Crippen LogP contribution < -0.4 is 5.32 Å². The lowest BCUT2D eigenvalue weighted by atomic mass is 9.98. The molecule has 0 aromatic heterocycles. The van der Waals surface area contributed by atoms with Crippen molar-refractivity contribution in [3.63, 3.8) is 0 Å².